The number of ether oxygens (including phenoxy) is 1. The molecule has 1 N–H and O–H groups in total. The molecule has 0 aromatic rings. The lowest BCUT2D eigenvalue weighted by Gasteiger charge is -2.10. The van der Waals surface area contributed by atoms with Crippen LogP contribution in [0, 0.1) is 11.8 Å². The predicted molar refractivity (Wildman–Crippen MR) is 60.6 cm³/mol. The molecule has 15 heavy (non-hydrogen) atoms. The maximum absolute atomic E-state index is 11.2. The molecule has 3 heteroatoms. The predicted octanol–water partition coefficient (Wildman–Crippen LogP) is 1.97. The molecule has 1 aliphatic rings. The Morgan fingerprint density at radius 1 is 1.53 bits per heavy atom. The van der Waals surface area contributed by atoms with Gasteiger partial charge in [0.15, 0.2) is 0 Å². The molecule has 0 heterocycles. The number of hydrogen-bond donors (Lipinski definition) is 1. The molecule has 3 nitrogen and oxygen atoms in total. The second kappa shape index (κ2) is 6.83. The van der Waals surface area contributed by atoms with E-state index in [1.807, 2.05) is 0 Å². The molecule has 1 rings (SSSR count). The summed E-state index contributed by atoms with van der Waals surface area (Å²) < 4.78 is 5.04. The van der Waals surface area contributed by atoms with Crippen molar-refractivity contribution in [2.45, 2.75) is 39.5 Å². The van der Waals surface area contributed by atoms with Crippen LogP contribution in [0.3, 0.4) is 0 Å². The Labute approximate surface area is 92.6 Å². The molecule has 0 bridgehead atoms. The normalized spacial score (nSPS) is 17.5. The van der Waals surface area contributed by atoms with E-state index < -0.39 is 0 Å². The van der Waals surface area contributed by atoms with Crippen molar-refractivity contribution in [2.24, 2.45) is 11.8 Å². The Morgan fingerprint density at radius 3 is 2.87 bits per heavy atom. The Balaban J connectivity index is 1.91. The fourth-order valence-corrected chi connectivity index (χ4v) is 1.62. The first kappa shape index (κ1) is 12.5. The summed E-state index contributed by atoms with van der Waals surface area (Å²) in [5, 5.41) is 3.16. The second-order valence-electron chi connectivity index (χ2n) is 4.52. The van der Waals surface area contributed by atoms with E-state index in [1.165, 1.54) is 12.8 Å². The zero-order valence-corrected chi connectivity index (χ0v) is 9.92. The molecule has 1 unspecified atom stereocenters. The van der Waals surface area contributed by atoms with Crippen LogP contribution in [-0.2, 0) is 9.53 Å². The highest BCUT2D eigenvalue weighted by molar-refractivity contribution is 5.71. The summed E-state index contributed by atoms with van der Waals surface area (Å²) in [6.45, 7) is 6.19. The summed E-state index contributed by atoms with van der Waals surface area (Å²) in [5.74, 6) is 1.48. The van der Waals surface area contributed by atoms with Gasteiger partial charge in [0.1, 0.15) is 0 Å². The van der Waals surface area contributed by atoms with Gasteiger partial charge in [0.25, 0.3) is 0 Å². The lowest BCUT2D eigenvalue weighted by Crippen LogP contribution is -2.29. The lowest BCUT2D eigenvalue weighted by molar-refractivity contribution is -0.142. The van der Waals surface area contributed by atoms with Gasteiger partial charge in [0.05, 0.1) is 13.2 Å². The molecule has 1 aliphatic carbocycles. The molecule has 1 atom stereocenters. The number of nitrogens with one attached hydrogen (secondary N) is 1. The Hall–Kier alpha value is -0.570. The first-order valence-corrected chi connectivity index (χ1v) is 6.10. The van der Waals surface area contributed by atoms with Crippen molar-refractivity contribution < 1.29 is 9.53 Å². The minimum absolute atomic E-state index is 0.119. The highest BCUT2D eigenvalue weighted by Gasteiger charge is 2.27. The van der Waals surface area contributed by atoms with E-state index in [-0.39, 0.29) is 5.97 Å². The van der Waals surface area contributed by atoms with Crippen LogP contribution in [0.2, 0.25) is 0 Å². The molecule has 0 aromatic carbocycles. The average Bonchev–Trinajstić information content (AvgIpc) is 3.01. The van der Waals surface area contributed by atoms with Gasteiger partial charge in [0, 0.05) is 0 Å². The van der Waals surface area contributed by atoms with E-state index >= 15 is 0 Å². The molecule has 1 saturated carbocycles. The van der Waals surface area contributed by atoms with E-state index in [9.17, 15) is 4.79 Å². The topological polar surface area (TPSA) is 38.3 Å². The van der Waals surface area contributed by atoms with Crippen LogP contribution in [0.5, 0.6) is 0 Å². The Bertz CT molecular complexity index is 190. The van der Waals surface area contributed by atoms with Gasteiger partial charge >= 0.3 is 5.97 Å². The minimum Gasteiger partial charge on any atom is -0.465 e. The summed E-state index contributed by atoms with van der Waals surface area (Å²) in [6, 6.07) is 0. The van der Waals surface area contributed by atoms with Crippen LogP contribution in [-0.4, -0.2) is 25.7 Å². The molecule has 1 fully saturated rings. The highest BCUT2D eigenvalue weighted by Crippen LogP contribution is 2.35. The number of carbonyl (C=O) groups is 1. The summed E-state index contributed by atoms with van der Waals surface area (Å²) in [5.41, 5.74) is 0. The summed E-state index contributed by atoms with van der Waals surface area (Å²) >= 11 is 0. The average molecular weight is 213 g/mol. The first-order chi connectivity index (χ1) is 7.24. The van der Waals surface area contributed by atoms with Crippen molar-refractivity contribution in [3.8, 4) is 0 Å². The third-order valence-electron chi connectivity index (χ3n) is 2.92. The van der Waals surface area contributed by atoms with E-state index in [4.69, 9.17) is 4.74 Å². The van der Waals surface area contributed by atoms with E-state index in [0.29, 0.717) is 19.1 Å². The number of carbonyl (C=O) groups excluding carboxylic acids is 1. The fourth-order valence-electron chi connectivity index (χ4n) is 1.62. The maximum Gasteiger partial charge on any atom is 0.319 e. The smallest absolute Gasteiger partial charge is 0.319 e. The number of rotatable bonds is 8. The first-order valence-electron chi connectivity index (χ1n) is 6.10. The van der Waals surface area contributed by atoms with Gasteiger partial charge in [0.2, 0.25) is 0 Å². The third kappa shape index (κ3) is 5.78. The molecule has 0 radical (unpaired) electrons. The van der Waals surface area contributed by atoms with Crippen LogP contribution < -0.4 is 5.32 Å². The van der Waals surface area contributed by atoms with Crippen molar-refractivity contribution >= 4 is 5.97 Å². The van der Waals surface area contributed by atoms with Gasteiger partial charge in [-0.05, 0) is 37.6 Å². The highest BCUT2D eigenvalue weighted by atomic mass is 16.5. The van der Waals surface area contributed by atoms with Gasteiger partial charge in [-0.15, -0.1) is 0 Å². The van der Waals surface area contributed by atoms with E-state index in [0.717, 1.165) is 25.3 Å². The molecule has 0 amide bonds. The third-order valence-corrected chi connectivity index (χ3v) is 2.92. The molecule has 88 valence electrons. The van der Waals surface area contributed by atoms with E-state index in [2.05, 4.69) is 19.2 Å². The summed E-state index contributed by atoms with van der Waals surface area (Å²) in [4.78, 5) is 11.2. The van der Waals surface area contributed by atoms with Crippen LogP contribution >= 0.6 is 0 Å². The largest absolute Gasteiger partial charge is 0.465 e. The molecular formula is C12H23NO2. The molecular weight excluding hydrogens is 190 g/mol. The summed E-state index contributed by atoms with van der Waals surface area (Å²) in [6.07, 6.45) is 4.76. The lowest BCUT2D eigenvalue weighted by atomic mass is 10.1. The zero-order chi connectivity index (χ0) is 11.1. The monoisotopic (exact) mass is 213 g/mol. The van der Waals surface area contributed by atoms with Gasteiger partial charge < -0.3 is 10.1 Å². The quantitative estimate of drug-likeness (QED) is 0.495. The number of hydrogen-bond acceptors (Lipinski definition) is 3. The second-order valence-corrected chi connectivity index (χ2v) is 4.52. The zero-order valence-electron chi connectivity index (χ0n) is 9.92. The summed E-state index contributed by atoms with van der Waals surface area (Å²) in [7, 11) is 0. The molecule has 0 saturated heterocycles. The number of unbranched alkanes of at least 4 members (excludes halogenated alkanes) is 1. The molecule has 0 aliphatic heterocycles. The maximum atomic E-state index is 11.2. The van der Waals surface area contributed by atoms with Crippen molar-refractivity contribution in [3.63, 3.8) is 0 Å². The van der Waals surface area contributed by atoms with Crippen LogP contribution in [0.25, 0.3) is 0 Å². The van der Waals surface area contributed by atoms with Gasteiger partial charge in [-0.25, -0.2) is 0 Å². The SMILES string of the molecule is CCCCOC(=O)CNCC(C)C1CC1. The van der Waals surface area contributed by atoms with Gasteiger partial charge in [-0.1, -0.05) is 20.3 Å². The Kier molecular flexibility index (Phi) is 5.69. The van der Waals surface area contributed by atoms with Crippen molar-refractivity contribution in [1.82, 2.24) is 5.32 Å². The minimum atomic E-state index is -0.119. The molecule has 0 spiro atoms. The standard InChI is InChI=1S/C12H23NO2/c1-3-4-7-15-12(14)9-13-8-10(2)11-5-6-11/h10-11,13H,3-9H2,1-2H3. The van der Waals surface area contributed by atoms with Crippen molar-refractivity contribution in [1.29, 1.82) is 0 Å². The number of esters is 1. The molecule has 0 aromatic heterocycles. The van der Waals surface area contributed by atoms with Crippen LogP contribution in [0.15, 0.2) is 0 Å². The van der Waals surface area contributed by atoms with E-state index in [1.54, 1.807) is 0 Å². The van der Waals surface area contributed by atoms with Gasteiger partial charge in [-0.3, -0.25) is 4.79 Å². The van der Waals surface area contributed by atoms with Gasteiger partial charge in [-0.2, -0.15) is 0 Å². The van der Waals surface area contributed by atoms with Crippen LogP contribution in [0.4, 0.5) is 0 Å². The van der Waals surface area contributed by atoms with Crippen molar-refractivity contribution in [3.05, 3.63) is 0 Å². The van der Waals surface area contributed by atoms with Crippen molar-refractivity contribution in [2.75, 3.05) is 19.7 Å². The Morgan fingerprint density at radius 2 is 2.27 bits per heavy atom. The fraction of sp³-hybridized carbons (Fsp3) is 0.917. The van der Waals surface area contributed by atoms with Crippen LogP contribution in [0.1, 0.15) is 39.5 Å².